The zero-order chi connectivity index (χ0) is 9.14. The number of nitrogens with zero attached hydrogens (tertiary/aromatic N) is 2. The number of ketones is 1. The van der Waals surface area contributed by atoms with E-state index in [1.165, 1.54) is 0 Å². The van der Waals surface area contributed by atoms with E-state index in [2.05, 4.69) is 5.10 Å². The predicted octanol–water partition coefficient (Wildman–Crippen LogP) is 1.82. The quantitative estimate of drug-likeness (QED) is 0.722. The molecule has 0 aliphatic carbocycles. The molecule has 4 heteroatoms. The van der Waals surface area contributed by atoms with Crippen LogP contribution in [0.4, 0.5) is 0 Å². The Morgan fingerprint density at radius 2 is 2.42 bits per heavy atom. The second kappa shape index (κ2) is 3.72. The van der Waals surface area contributed by atoms with Gasteiger partial charge in [0.25, 0.3) is 0 Å². The highest BCUT2D eigenvalue weighted by atomic mass is 35.5. The summed E-state index contributed by atoms with van der Waals surface area (Å²) in [7, 11) is 0. The number of hydrogen-bond acceptors (Lipinski definition) is 2. The van der Waals surface area contributed by atoms with Crippen LogP contribution in [0, 0.1) is 6.92 Å². The van der Waals surface area contributed by atoms with Crippen molar-refractivity contribution < 1.29 is 4.79 Å². The fourth-order valence-electron chi connectivity index (χ4n) is 0.883. The van der Waals surface area contributed by atoms with E-state index in [1.807, 2.05) is 6.92 Å². The second-order valence-electron chi connectivity index (χ2n) is 2.79. The van der Waals surface area contributed by atoms with Gasteiger partial charge in [-0.3, -0.25) is 9.48 Å². The zero-order valence-electron chi connectivity index (χ0n) is 7.17. The lowest BCUT2D eigenvalue weighted by Gasteiger charge is -1.99. The maximum atomic E-state index is 10.7. The first-order valence-corrected chi connectivity index (χ1v) is 4.16. The van der Waals surface area contributed by atoms with Gasteiger partial charge in [0.1, 0.15) is 10.9 Å². The summed E-state index contributed by atoms with van der Waals surface area (Å²) in [6, 6.07) is 0. The van der Waals surface area contributed by atoms with E-state index in [4.69, 9.17) is 11.6 Å². The molecule has 0 saturated carbocycles. The van der Waals surface area contributed by atoms with Crippen LogP contribution in [-0.2, 0) is 11.3 Å². The highest BCUT2D eigenvalue weighted by Gasteiger charge is 2.04. The van der Waals surface area contributed by atoms with Crippen molar-refractivity contribution in [1.29, 1.82) is 0 Å². The van der Waals surface area contributed by atoms with E-state index in [-0.39, 0.29) is 5.78 Å². The summed E-state index contributed by atoms with van der Waals surface area (Å²) < 4.78 is 1.64. The summed E-state index contributed by atoms with van der Waals surface area (Å²) in [5.41, 5.74) is 0.945. The molecule has 1 aromatic rings. The molecular formula is C8H11ClN2O. The third-order valence-electron chi connectivity index (χ3n) is 1.62. The predicted molar refractivity (Wildman–Crippen MR) is 47.3 cm³/mol. The smallest absolute Gasteiger partial charge is 0.131 e. The van der Waals surface area contributed by atoms with Crippen LogP contribution in [0.25, 0.3) is 0 Å². The Labute approximate surface area is 76.3 Å². The summed E-state index contributed by atoms with van der Waals surface area (Å²) >= 11 is 5.88. The van der Waals surface area contributed by atoms with Crippen LogP contribution < -0.4 is 0 Å². The first kappa shape index (κ1) is 9.26. The summed E-state index contributed by atoms with van der Waals surface area (Å²) in [6.07, 6.45) is 2.18. The van der Waals surface area contributed by atoms with Crippen molar-refractivity contribution in [3.8, 4) is 0 Å². The molecule has 0 atom stereocenters. The lowest BCUT2D eigenvalue weighted by molar-refractivity contribution is -0.117. The lowest BCUT2D eigenvalue weighted by Crippen LogP contribution is -2.04. The molecule has 3 nitrogen and oxygen atoms in total. The third-order valence-corrected chi connectivity index (χ3v) is 2.11. The molecular weight excluding hydrogens is 176 g/mol. The van der Waals surface area contributed by atoms with E-state index in [1.54, 1.807) is 17.8 Å². The standard InChI is InChI=1S/C8H11ClN2O/c1-6-5-10-11(8(6)9)4-3-7(2)12/h5H,3-4H2,1-2H3. The number of carbonyl (C=O) groups is 1. The van der Waals surface area contributed by atoms with E-state index in [0.717, 1.165) is 5.56 Å². The first-order valence-electron chi connectivity index (χ1n) is 3.78. The molecule has 0 aliphatic rings. The molecule has 0 spiro atoms. The largest absolute Gasteiger partial charge is 0.300 e. The Kier molecular flexibility index (Phi) is 2.87. The van der Waals surface area contributed by atoms with E-state index in [9.17, 15) is 4.79 Å². The minimum atomic E-state index is 0.152. The van der Waals surface area contributed by atoms with Crippen LogP contribution in [0.5, 0.6) is 0 Å². The Bertz CT molecular complexity index is 293. The van der Waals surface area contributed by atoms with Crippen molar-refractivity contribution in [2.24, 2.45) is 0 Å². The highest BCUT2D eigenvalue weighted by Crippen LogP contribution is 2.13. The van der Waals surface area contributed by atoms with Gasteiger partial charge in [0, 0.05) is 18.5 Å². The van der Waals surface area contributed by atoms with Gasteiger partial charge in [-0.25, -0.2) is 0 Å². The zero-order valence-corrected chi connectivity index (χ0v) is 7.93. The number of aryl methyl sites for hydroxylation is 2. The van der Waals surface area contributed by atoms with Crippen LogP contribution in [0.1, 0.15) is 18.9 Å². The lowest BCUT2D eigenvalue weighted by atomic mass is 10.3. The van der Waals surface area contributed by atoms with Crippen LogP contribution >= 0.6 is 11.6 Å². The highest BCUT2D eigenvalue weighted by molar-refractivity contribution is 6.30. The Morgan fingerprint density at radius 3 is 2.83 bits per heavy atom. The number of rotatable bonds is 3. The molecule has 0 unspecified atom stereocenters. The molecule has 66 valence electrons. The molecule has 0 radical (unpaired) electrons. The number of carbonyl (C=O) groups excluding carboxylic acids is 1. The van der Waals surface area contributed by atoms with Gasteiger partial charge in [0.05, 0.1) is 6.20 Å². The fourth-order valence-corrected chi connectivity index (χ4v) is 1.06. The molecule has 0 saturated heterocycles. The topological polar surface area (TPSA) is 34.9 Å². The first-order chi connectivity index (χ1) is 5.61. The van der Waals surface area contributed by atoms with Crippen molar-refractivity contribution in [2.75, 3.05) is 0 Å². The SMILES string of the molecule is CC(=O)CCn1ncc(C)c1Cl. The summed E-state index contributed by atoms with van der Waals surface area (Å²) in [6.45, 7) is 4.02. The summed E-state index contributed by atoms with van der Waals surface area (Å²) in [4.78, 5) is 10.7. The van der Waals surface area contributed by atoms with Crippen LogP contribution in [0.2, 0.25) is 5.15 Å². The van der Waals surface area contributed by atoms with Gasteiger partial charge < -0.3 is 0 Å². The number of halogens is 1. The Morgan fingerprint density at radius 1 is 1.75 bits per heavy atom. The van der Waals surface area contributed by atoms with Crippen LogP contribution in [0.3, 0.4) is 0 Å². The van der Waals surface area contributed by atoms with E-state index in [0.29, 0.717) is 18.1 Å². The normalized spacial score (nSPS) is 10.2. The van der Waals surface area contributed by atoms with Crippen molar-refractivity contribution in [3.63, 3.8) is 0 Å². The Hall–Kier alpha value is -0.830. The maximum absolute atomic E-state index is 10.7. The third kappa shape index (κ3) is 2.08. The molecule has 1 aromatic heterocycles. The van der Waals surface area contributed by atoms with Crippen molar-refractivity contribution in [3.05, 3.63) is 16.9 Å². The molecule has 0 fully saturated rings. The van der Waals surface area contributed by atoms with Gasteiger partial charge in [0.15, 0.2) is 0 Å². The minimum absolute atomic E-state index is 0.152. The molecule has 0 aromatic carbocycles. The van der Waals surface area contributed by atoms with Gasteiger partial charge in [-0.05, 0) is 13.8 Å². The van der Waals surface area contributed by atoms with Gasteiger partial charge in [-0.1, -0.05) is 11.6 Å². The van der Waals surface area contributed by atoms with E-state index < -0.39 is 0 Å². The van der Waals surface area contributed by atoms with Gasteiger partial charge in [0.2, 0.25) is 0 Å². The molecule has 0 bridgehead atoms. The maximum Gasteiger partial charge on any atom is 0.131 e. The molecule has 0 aliphatic heterocycles. The van der Waals surface area contributed by atoms with Crippen LogP contribution in [0.15, 0.2) is 6.20 Å². The second-order valence-corrected chi connectivity index (χ2v) is 3.15. The number of hydrogen-bond donors (Lipinski definition) is 0. The summed E-state index contributed by atoms with van der Waals surface area (Å²) in [5, 5.41) is 4.64. The molecule has 1 rings (SSSR count). The van der Waals surface area contributed by atoms with Gasteiger partial charge in [-0.15, -0.1) is 0 Å². The molecule has 12 heavy (non-hydrogen) atoms. The van der Waals surface area contributed by atoms with Crippen LogP contribution in [-0.4, -0.2) is 15.6 Å². The summed E-state index contributed by atoms with van der Waals surface area (Å²) in [5.74, 6) is 0.152. The van der Waals surface area contributed by atoms with Crippen molar-refractivity contribution >= 4 is 17.4 Å². The Balaban J connectivity index is 2.63. The van der Waals surface area contributed by atoms with Crippen molar-refractivity contribution in [1.82, 2.24) is 9.78 Å². The minimum Gasteiger partial charge on any atom is -0.300 e. The number of Topliss-reactive ketones (excluding diaryl/α,β-unsaturated/α-hetero) is 1. The average Bonchev–Trinajstić information content (AvgIpc) is 2.30. The van der Waals surface area contributed by atoms with Crippen molar-refractivity contribution in [2.45, 2.75) is 26.8 Å². The average molecular weight is 187 g/mol. The molecule has 0 amide bonds. The number of aromatic nitrogens is 2. The fraction of sp³-hybridized carbons (Fsp3) is 0.500. The van der Waals surface area contributed by atoms with E-state index >= 15 is 0 Å². The molecule has 0 N–H and O–H groups in total. The molecule has 1 heterocycles. The van der Waals surface area contributed by atoms with Gasteiger partial charge >= 0.3 is 0 Å². The monoisotopic (exact) mass is 186 g/mol. The van der Waals surface area contributed by atoms with Gasteiger partial charge in [-0.2, -0.15) is 5.10 Å².